The van der Waals surface area contributed by atoms with Crippen LogP contribution in [-0.4, -0.2) is 55.2 Å². The van der Waals surface area contributed by atoms with Crippen molar-refractivity contribution in [1.29, 1.82) is 0 Å². The van der Waals surface area contributed by atoms with E-state index in [1.54, 1.807) is 0 Å². The monoisotopic (exact) mass is 218 g/mol. The third-order valence-electron chi connectivity index (χ3n) is 3.24. The van der Waals surface area contributed by atoms with Crippen LogP contribution in [0.5, 0.6) is 0 Å². The van der Waals surface area contributed by atoms with Gasteiger partial charge in [0.25, 0.3) is 0 Å². The predicted octanol–water partition coefficient (Wildman–Crippen LogP) is 0.105. The van der Waals surface area contributed by atoms with E-state index in [-0.39, 0.29) is 0 Å². The highest BCUT2D eigenvalue weighted by molar-refractivity contribution is 5.82. The van der Waals surface area contributed by atoms with Crippen LogP contribution in [0.4, 0.5) is 0 Å². The molecule has 0 aromatic rings. The maximum atomic E-state index is 4.56. The number of hydrogen-bond acceptors (Lipinski definition) is 4. The molecule has 5 heteroatoms. The molecule has 1 N–H and O–H groups in total. The van der Waals surface area contributed by atoms with Crippen molar-refractivity contribution in [2.24, 2.45) is 9.98 Å². The van der Waals surface area contributed by atoms with Crippen LogP contribution in [0.25, 0.3) is 0 Å². The summed E-state index contributed by atoms with van der Waals surface area (Å²) in [5.41, 5.74) is 1.17. The summed E-state index contributed by atoms with van der Waals surface area (Å²) in [5, 5.41) is 3.35. The molecule has 84 valence electrons. The first-order chi connectivity index (χ1) is 7.80. The zero-order chi connectivity index (χ0) is 11.0. The minimum Gasteiger partial charge on any atom is -0.349 e. The van der Waals surface area contributed by atoms with Gasteiger partial charge in [0.2, 0.25) is 12.0 Å². The van der Waals surface area contributed by atoms with E-state index in [1.807, 2.05) is 25.0 Å². The largest absolute Gasteiger partial charge is 0.349 e. The van der Waals surface area contributed by atoms with Gasteiger partial charge in [-0.3, -0.25) is 4.99 Å². The predicted molar refractivity (Wildman–Crippen MR) is 63.8 cm³/mol. The molecule has 1 fully saturated rings. The Kier molecular flexibility index (Phi) is 2.15. The first-order valence-electron chi connectivity index (χ1n) is 5.62. The van der Waals surface area contributed by atoms with E-state index in [4.69, 9.17) is 0 Å². The molecule has 0 radical (unpaired) electrons. The minimum absolute atomic E-state index is 0.642. The van der Waals surface area contributed by atoms with Crippen molar-refractivity contribution in [3.8, 4) is 0 Å². The molecule has 1 atom stereocenters. The Bertz CT molecular complexity index is 414. The molecule has 3 aliphatic heterocycles. The van der Waals surface area contributed by atoms with Gasteiger partial charge >= 0.3 is 0 Å². The molecule has 0 amide bonds. The summed E-state index contributed by atoms with van der Waals surface area (Å²) < 4.78 is 0.642. The molecule has 0 aromatic carbocycles. The van der Waals surface area contributed by atoms with E-state index in [0.717, 1.165) is 32.0 Å². The molecule has 0 spiro atoms. The fourth-order valence-corrected chi connectivity index (χ4v) is 2.23. The lowest BCUT2D eigenvalue weighted by Crippen LogP contribution is -2.43. The average Bonchev–Trinajstić information content (AvgIpc) is 2.67. The summed E-state index contributed by atoms with van der Waals surface area (Å²) in [4.78, 5) is 11.1. The Hall–Kier alpha value is -1.46. The number of rotatable bonds is 1. The molecule has 16 heavy (non-hydrogen) atoms. The summed E-state index contributed by atoms with van der Waals surface area (Å²) >= 11 is 0. The summed E-state index contributed by atoms with van der Waals surface area (Å²) in [6.45, 7) is 4.10. The normalized spacial score (nSPS) is 32.4. The van der Waals surface area contributed by atoms with Crippen LogP contribution < -0.4 is 5.32 Å². The third-order valence-corrected chi connectivity index (χ3v) is 3.24. The Morgan fingerprint density at radius 2 is 2.19 bits per heavy atom. The maximum absolute atomic E-state index is 4.56. The Morgan fingerprint density at radius 1 is 1.38 bits per heavy atom. The highest BCUT2D eigenvalue weighted by Gasteiger charge is 2.36. The van der Waals surface area contributed by atoms with E-state index in [0.29, 0.717) is 4.48 Å². The number of nitrogens with one attached hydrogen (secondary N) is 1. The van der Waals surface area contributed by atoms with Crippen LogP contribution in [0.15, 0.2) is 33.9 Å². The van der Waals surface area contributed by atoms with Gasteiger partial charge in [0, 0.05) is 26.2 Å². The van der Waals surface area contributed by atoms with Crippen LogP contribution in [0.3, 0.4) is 0 Å². The standard InChI is InChI=1S/C11H16N5/c1-16-7-4-13-8-10(16)11(14-9-16)15-5-2-12-3-6-15/h4,7-9,12H,2-3,5-6H2,1H3/q+1. The summed E-state index contributed by atoms with van der Waals surface area (Å²) in [6, 6.07) is 0. The van der Waals surface area contributed by atoms with Crippen molar-refractivity contribution in [1.82, 2.24) is 10.2 Å². The highest BCUT2D eigenvalue weighted by Crippen LogP contribution is 2.27. The van der Waals surface area contributed by atoms with Gasteiger partial charge in [0.15, 0.2) is 5.82 Å². The lowest BCUT2D eigenvalue weighted by atomic mass is 10.3. The first kappa shape index (κ1) is 9.74. The van der Waals surface area contributed by atoms with Crippen molar-refractivity contribution in [3.63, 3.8) is 0 Å². The number of fused-ring (bicyclic) bond motifs is 1. The molecular weight excluding hydrogens is 202 g/mol. The number of nitrogens with zero attached hydrogens (tertiary/aromatic N) is 4. The lowest BCUT2D eigenvalue weighted by molar-refractivity contribution is -0.706. The number of piperazine rings is 1. The summed E-state index contributed by atoms with van der Waals surface area (Å²) in [7, 11) is 2.12. The number of aliphatic imine (C=N–C) groups is 2. The van der Waals surface area contributed by atoms with Gasteiger partial charge in [-0.1, -0.05) is 0 Å². The average molecular weight is 218 g/mol. The van der Waals surface area contributed by atoms with Gasteiger partial charge in [-0.2, -0.15) is 4.99 Å². The molecule has 5 nitrogen and oxygen atoms in total. The second-order valence-electron chi connectivity index (χ2n) is 4.41. The lowest BCUT2D eigenvalue weighted by Gasteiger charge is -2.29. The fourth-order valence-electron chi connectivity index (χ4n) is 2.23. The van der Waals surface area contributed by atoms with Gasteiger partial charge in [0.05, 0.1) is 19.5 Å². The van der Waals surface area contributed by atoms with Crippen LogP contribution >= 0.6 is 0 Å². The van der Waals surface area contributed by atoms with Crippen molar-refractivity contribution in [2.75, 3.05) is 33.2 Å². The number of hydrogen-bond donors (Lipinski definition) is 1. The van der Waals surface area contributed by atoms with E-state index in [1.165, 1.54) is 5.70 Å². The SMILES string of the molecule is C[N+]12C=CN=CC1=C(N1CCNCC1)N=C2. The molecule has 3 heterocycles. The summed E-state index contributed by atoms with van der Waals surface area (Å²) in [6.07, 6.45) is 7.77. The van der Waals surface area contributed by atoms with Gasteiger partial charge < -0.3 is 10.2 Å². The van der Waals surface area contributed by atoms with Crippen molar-refractivity contribution in [2.45, 2.75) is 0 Å². The molecule has 3 rings (SSSR count). The van der Waals surface area contributed by atoms with Gasteiger partial charge in [0.1, 0.15) is 6.20 Å². The Labute approximate surface area is 95.1 Å². The van der Waals surface area contributed by atoms with E-state index in [2.05, 4.69) is 27.2 Å². The Morgan fingerprint density at radius 3 is 3.00 bits per heavy atom. The van der Waals surface area contributed by atoms with Gasteiger partial charge in [-0.25, -0.2) is 4.48 Å². The topological polar surface area (TPSA) is 40.0 Å². The zero-order valence-electron chi connectivity index (χ0n) is 9.43. The first-order valence-corrected chi connectivity index (χ1v) is 5.62. The highest BCUT2D eigenvalue weighted by atomic mass is 15.4. The van der Waals surface area contributed by atoms with Crippen molar-refractivity contribution < 1.29 is 4.48 Å². The molecule has 3 aliphatic rings. The van der Waals surface area contributed by atoms with Crippen molar-refractivity contribution >= 4 is 12.6 Å². The van der Waals surface area contributed by atoms with Crippen LogP contribution in [-0.2, 0) is 0 Å². The summed E-state index contributed by atoms with van der Waals surface area (Å²) in [5.74, 6) is 1.08. The minimum atomic E-state index is 0.642. The molecular formula is C11H16N5+. The van der Waals surface area contributed by atoms with Crippen LogP contribution in [0.1, 0.15) is 0 Å². The zero-order valence-corrected chi connectivity index (χ0v) is 9.43. The number of quaternary nitrogens is 1. The number of allylic oxidation sites excluding steroid dienone is 1. The molecule has 1 unspecified atom stereocenters. The maximum Gasteiger partial charge on any atom is 0.204 e. The van der Waals surface area contributed by atoms with Gasteiger partial charge in [-0.15, -0.1) is 0 Å². The van der Waals surface area contributed by atoms with Crippen LogP contribution in [0.2, 0.25) is 0 Å². The Balaban J connectivity index is 1.95. The van der Waals surface area contributed by atoms with E-state index in [9.17, 15) is 0 Å². The quantitative estimate of drug-likeness (QED) is 0.634. The van der Waals surface area contributed by atoms with E-state index >= 15 is 0 Å². The second-order valence-corrected chi connectivity index (χ2v) is 4.41. The molecule has 0 aliphatic carbocycles. The van der Waals surface area contributed by atoms with Gasteiger partial charge in [-0.05, 0) is 0 Å². The third kappa shape index (κ3) is 1.40. The molecule has 0 saturated carbocycles. The molecule has 0 aromatic heterocycles. The molecule has 0 bridgehead atoms. The fraction of sp³-hybridized carbons (Fsp3) is 0.455. The van der Waals surface area contributed by atoms with Crippen molar-refractivity contribution in [3.05, 3.63) is 23.9 Å². The second kappa shape index (κ2) is 3.54. The van der Waals surface area contributed by atoms with E-state index < -0.39 is 0 Å². The molecule has 1 saturated heterocycles. The smallest absolute Gasteiger partial charge is 0.204 e. The van der Waals surface area contributed by atoms with Crippen LogP contribution in [0, 0.1) is 0 Å².